The average molecular weight is 582 g/mol. The lowest BCUT2D eigenvalue weighted by Crippen LogP contribution is -2.48. The predicted octanol–water partition coefficient (Wildman–Crippen LogP) is 6.59. The normalized spacial score (nSPS) is 23.2. The molecule has 0 bridgehead atoms. The number of ether oxygens (including phenoxy) is 1. The zero-order valence-corrected chi connectivity index (χ0v) is 25.6. The van der Waals surface area contributed by atoms with Gasteiger partial charge < -0.3 is 19.4 Å². The van der Waals surface area contributed by atoms with Crippen LogP contribution in [0.25, 0.3) is 0 Å². The predicted molar refractivity (Wildman–Crippen MR) is 164 cm³/mol. The number of halogens is 2. The van der Waals surface area contributed by atoms with Gasteiger partial charge in [0.1, 0.15) is 5.75 Å². The minimum Gasteiger partial charge on any atom is -0.491 e. The fourth-order valence-corrected chi connectivity index (χ4v) is 7.36. The van der Waals surface area contributed by atoms with Gasteiger partial charge in [-0.1, -0.05) is 31.0 Å². The van der Waals surface area contributed by atoms with Crippen molar-refractivity contribution < 1.29 is 18.3 Å². The Bertz CT molecular complexity index is 1180. The van der Waals surface area contributed by atoms with Crippen LogP contribution in [-0.4, -0.2) is 78.6 Å². The Labute approximate surface area is 251 Å². The molecule has 2 aromatic rings. The van der Waals surface area contributed by atoms with Gasteiger partial charge in [0.2, 0.25) is 5.91 Å². The van der Waals surface area contributed by atoms with Crippen molar-refractivity contribution in [1.82, 2.24) is 14.7 Å². The molecule has 3 heterocycles. The summed E-state index contributed by atoms with van der Waals surface area (Å²) in [6.07, 6.45) is 10.3. The number of amides is 1. The number of hydrogen-bond donors (Lipinski definition) is 0. The van der Waals surface area contributed by atoms with E-state index in [1.165, 1.54) is 57.3 Å². The van der Waals surface area contributed by atoms with Gasteiger partial charge in [0, 0.05) is 24.5 Å². The molecule has 2 aromatic carbocycles. The molecule has 3 fully saturated rings. The third kappa shape index (κ3) is 7.90. The van der Waals surface area contributed by atoms with Crippen LogP contribution in [0.3, 0.4) is 0 Å². The lowest BCUT2D eigenvalue weighted by atomic mass is 9.73. The number of hydrogen-bond acceptors (Lipinski definition) is 4. The lowest BCUT2D eigenvalue weighted by molar-refractivity contribution is -0.131. The number of piperidine rings is 2. The van der Waals surface area contributed by atoms with Gasteiger partial charge in [-0.05, 0) is 127 Å². The first kappa shape index (κ1) is 30.9. The Kier molecular flexibility index (Phi) is 10.5. The first-order valence-electron chi connectivity index (χ1n) is 16.3. The minimum absolute atomic E-state index is 0.0637. The van der Waals surface area contributed by atoms with Crippen LogP contribution in [0.5, 0.6) is 5.75 Å². The summed E-state index contributed by atoms with van der Waals surface area (Å²) in [5, 5.41) is 0. The molecular formula is C35H49F2N3O2. The Morgan fingerprint density at radius 1 is 0.929 bits per heavy atom. The summed E-state index contributed by atoms with van der Waals surface area (Å²) in [4.78, 5) is 21.0. The van der Waals surface area contributed by atoms with Crippen LogP contribution in [-0.2, 0) is 16.6 Å². The quantitative estimate of drug-likeness (QED) is 0.335. The molecule has 3 saturated heterocycles. The van der Waals surface area contributed by atoms with Crippen molar-refractivity contribution in [3.8, 4) is 5.75 Å². The highest BCUT2D eigenvalue weighted by Crippen LogP contribution is 2.38. The topological polar surface area (TPSA) is 36.0 Å². The molecule has 0 N–H and O–H groups in total. The summed E-state index contributed by atoms with van der Waals surface area (Å²) in [5.74, 6) is -0.781. The summed E-state index contributed by atoms with van der Waals surface area (Å²) < 4.78 is 34.5. The van der Waals surface area contributed by atoms with Crippen molar-refractivity contribution in [2.75, 3.05) is 45.8 Å². The number of rotatable bonds is 9. The fraction of sp³-hybridized carbons (Fsp3) is 0.629. The van der Waals surface area contributed by atoms with Crippen molar-refractivity contribution >= 4 is 5.91 Å². The number of carbonyl (C=O) groups excluding carboxylic acids is 1. The summed E-state index contributed by atoms with van der Waals surface area (Å²) in [7, 11) is 0. The molecule has 5 rings (SSSR count). The monoisotopic (exact) mass is 581 g/mol. The maximum absolute atomic E-state index is 14.6. The molecule has 0 aliphatic carbocycles. The molecule has 3 aliphatic rings. The van der Waals surface area contributed by atoms with Gasteiger partial charge in [0.05, 0.1) is 12.5 Å². The van der Waals surface area contributed by atoms with Crippen LogP contribution in [0, 0.1) is 11.6 Å². The van der Waals surface area contributed by atoms with Gasteiger partial charge in [-0.25, -0.2) is 8.78 Å². The molecule has 0 aromatic heterocycles. The first-order chi connectivity index (χ1) is 20.3. The highest BCUT2D eigenvalue weighted by molar-refractivity contribution is 5.79. The van der Waals surface area contributed by atoms with Crippen molar-refractivity contribution in [2.45, 2.75) is 95.6 Å². The van der Waals surface area contributed by atoms with Gasteiger partial charge in [-0.3, -0.25) is 4.79 Å². The molecule has 1 amide bonds. The van der Waals surface area contributed by atoms with E-state index in [0.29, 0.717) is 25.6 Å². The molecule has 42 heavy (non-hydrogen) atoms. The minimum atomic E-state index is -0.821. The average Bonchev–Trinajstić information content (AvgIpc) is 3.22. The Morgan fingerprint density at radius 2 is 1.69 bits per heavy atom. The van der Waals surface area contributed by atoms with E-state index in [4.69, 9.17) is 4.74 Å². The van der Waals surface area contributed by atoms with Crippen molar-refractivity contribution in [1.29, 1.82) is 0 Å². The van der Waals surface area contributed by atoms with Crippen LogP contribution < -0.4 is 4.74 Å². The van der Waals surface area contributed by atoms with Gasteiger partial charge in [0.25, 0.3) is 0 Å². The number of nitrogens with zero attached hydrogens (tertiary/aromatic N) is 3. The second kappa shape index (κ2) is 14.3. The summed E-state index contributed by atoms with van der Waals surface area (Å²) in [6.45, 7) is 10.7. The molecule has 0 radical (unpaired) electrons. The van der Waals surface area contributed by atoms with Crippen molar-refractivity contribution in [3.05, 3.63) is 65.2 Å². The highest BCUT2D eigenvalue weighted by Gasteiger charge is 2.38. The second-order valence-electron chi connectivity index (χ2n) is 13.1. The van der Waals surface area contributed by atoms with E-state index in [0.717, 1.165) is 62.2 Å². The molecule has 0 unspecified atom stereocenters. The largest absolute Gasteiger partial charge is 0.491 e. The Hall–Kier alpha value is -2.51. The SMILES string of the molecule is CC(C)Oc1cccc(CC(=O)N2CCCC[C@](CCN3CCC(N4CCCCC4)CC3)(c3ccc(F)c(F)c3)C2)c1. The Morgan fingerprint density at radius 3 is 2.43 bits per heavy atom. The number of likely N-dealkylation sites (tertiary alicyclic amines) is 3. The van der Waals surface area contributed by atoms with E-state index in [-0.39, 0.29) is 12.0 Å². The number of carbonyl (C=O) groups is 1. The maximum Gasteiger partial charge on any atom is 0.227 e. The molecule has 3 aliphatic heterocycles. The molecule has 230 valence electrons. The lowest BCUT2D eigenvalue weighted by Gasteiger charge is -2.42. The summed E-state index contributed by atoms with van der Waals surface area (Å²) in [5.41, 5.74) is 1.33. The molecule has 1 atom stereocenters. The van der Waals surface area contributed by atoms with Crippen molar-refractivity contribution in [2.24, 2.45) is 0 Å². The van der Waals surface area contributed by atoms with Gasteiger partial charge in [0.15, 0.2) is 11.6 Å². The Balaban J connectivity index is 1.29. The zero-order chi connectivity index (χ0) is 29.5. The van der Waals surface area contributed by atoms with E-state index >= 15 is 0 Å². The fourth-order valence-electron chi connectivity index (χ4n) is 7.36. The molecule has 5 nitrogen and oxygen atoms in total. The van der Waals surface area contributed by atoms with Crippen LogP contribution in [0.1, 0.15) is 82.8 Å². The molecule has 7 heteroatoms. The maximum atomic E-state index is 14.6. The van der Waals surface area contributed by atoms with E-state index in [1.807, 2.05) is 43.0 Å². The standard InChI is InChI=1S/C35H49F2N3O2/c1-27(2)42-31-10-8-9-28(23-31)24-34(41)40-19-7-4-15-35(26-40,29-11-12-32(36)33(37)25-29)16-22-38-20-13-30(14-21-38)39-17-5-3-6-18-39/h8-12,23,25,27,30H,3-7,13-22,24,26H2,1-2H3/t35-/m1/s1. The van der Waals surface area contributed by atoms with E-state index in [2.05, 4.69) is 9.80 Å². The van der Waals surface area contributed by atoms with Crippen LogP contribution in [0.4, 0.5) is 8.78 Å². The number of benzene rings is 2. The third-order valence-electron chi connectivity index (χ3n) is 9.71. The van der Waals surface area contributed by atoms with Crippen LogP contribution in [0.15, 0.2) is 42.5 Å². The van der Waals surface area contributed by atoms with E-state index in [1.54, 1.807) is 6.07 Å². The van der Waals surface area contributed by atoms with Crippen LogP contribution in [0.2, 0.25) is 0 Å². The van der Waals surface area contributed by atoms with Gasteiger partial charge in [-0.15, -0.1) is 0 Å². The molecular weight excluding hydrogens is 532 g/mol. The third-order valence-corrected chi connectivity index (χ3v) is 9.71. The van der Waals surface area contributed by atoms with E-state index < -0.39 is 17.0 Å². The van der Waals surface area contributed by atoms with Gasteiger partial charge in [-0.2, -0.15) is 0 Å². The molecule has 0 saturated carbocycles. The van der Waals surface area contributed by atoms with Crippen molar-refractivity contribution in [3.63, 3.8) is 0 Å². The van der Waals surface area contributed by atoms with Crippen LogP contribution >= 0.6 is 0 Å². The van der Waals surface area contributed by atoms with Gasteiger partial charge >= 0.3 is 0 Å². The summed E-state index contributed by atoms with van der Waals surface area (Å²) in [6, 6.07) is 12.9. The molecule has 0 spiro atoms. The second-order valence-corrected chi connectivity index (χ2v) is 13.1. The first-order valence-corrected chi connectivity index (χ1v) is 16.3. The summed E-state index contributed by atoms with van der Waals surface area (Å²) >= 11 is 0. The smallest absolute Gasteiger partial charge is 0.227 e. The van der Waals surface area contributed by atoms with E-state index in [9.17, 15) is 13.6 Å². The zero-order valence-electron chi connectivity index (χ0n) is 25.6. The highest BCUT2D eigenvalue weighted by atomic mass is 19.2.